The number of hydrogen-bond acceptors (Lipinski definition) is 3. The minimum Gasteiger partial charge on any atom is -0.367 e. The molecule has 21 heavy (non-hydrogen) atoms. The molecule has 3 nitrogen and oxygen atoms in total. The standard InChI is InChI=1S/C17H28FN3/c1-5-20-8-10-21(11-9-20)16-7-6-14(12-15(16)18)13-19-17(2,3)4/h6-7,12,19H,5,8-11,13H2,1-4H3. The van der Waals surface area contributed by atoms with Crippen molar-refractivity contribution in [3.8, 4) is 0 Å². The van der Waals surface area contributed by atoms with Gasteiger partial charge in [-0.15, -0.1) is 0 Å². The molecule has 0 bridgehead atoms. The minimum atomic E-state index is -0.104. The van der Waals surface area contributed by atoms with Gasteiger partial charge in [0.1, 0.15) is 5.82 Å². The first-order valence-corrected chi connectivity index (χ1v) is 7.90. The van der Waals surface area contributed by atoms with Crippen LogP contribution in [0.2, 0.25) is 0 Å². The van der Waals surface area contributed by atoms with E-state index < -0.39 is 0 Å². The zero-order chi connectivity index (χ0) is 15.5. The Morgan fingerprint density at radius 2 is 1.81 bits per heavy atom. The van der Waals surface area contributed by atoms with Gasteiger partial charge in [-0.25, -0.2) is 4.39 Å². The van der Waals surface area contributed by atoms with Gasteiger partial charge < -0.3 is 15.1 Å². The molecule has 1 N–H and O–H groups in total. The number of piperazine rings is 1. The maximum absolute atomic E-state index is 14.4. The third-order valence-corrected chi connectivity index (χ3v) is 4.00. The summed E-state index contributed by atoms with van der Waals surface area (Å²) in [5.74, 6) is -0.104. The van der Waals surface area contributed by atoms with Crippen molar-refractivity contribution in [1.82, 2.24) is 10.2 Å². The first-order chi connectivity index (χ1) is 9.89. The zero-order valence-electron chi connectivity index (χ0n) is 13.7. The number of rotatable bonds is 4. The third kappa shape index (κ3) is 4.68. The normalized spacial score (nSPS) is 17.3. The quantitative estimate of drug-likeness (QED) is 0.921. The molecule has 1 saturated heterocycles. The maximum Gasteiger partial charge on any atom is 0.146 e. The Balaban J connectivity index is 1.99. The first kappa shape index (κ1) is 16.2. The lowest BCUT2D eigenvalue weighted by Crippen LogP contribution is -2.46. The van der Waals surface area contributed by atoms with Crippen LogP contribution in [0.1, 0.15) is 33.3 Å². The second-order valence-corrected chi connectivity index (χ2v) is 6.81. The summed E-state index contributed by atoms with van der Waals surface area (Å²) in [5.41, 5.74) is 1.79. The van der Waals surface area contributed by atoms with Gasteiger partial charge in [0.2, 0.25) is 0 Å². The molecule has 0 aliphatic carbocycles. The lowest BCUT2D eigenvalue weighted by molar-refractivity contribution is 0.270. The van der Waals surface area contributed by atoms with Crippen LogP contribution in [0.25, 0.3) is 0 Å². The number of halogens is 1. The highest BCUT2D eigenvalue weighted by molar-refractivity contribution is 5.49. The van der Waals surface area contributed by atoms with Gasteiger partial charge in [0.05, 0.1) is 5.69 Å². The van der Waals surface area contributed by atoms with Crippen LogP contribution in [0.15, 0.2) is 18.2 Å². The Hall–Kier alpha value is -1.13. The van der Waals surface area contributed by atoms with Crippen LogP contribution in [-0.4, -0.2) is 43.2 Å². The van der Waals surface area contributed by atoms with Crippen molar-refractivity contribution in [2.24, 2.45) is 0 Å². The first-order valence-electron chi connectivity index (χ1n) is 7.90. The molecule has 1 fully saturated rings. The van der Waals surface area contributed by atoms with E-state index in [1.807, 2.05) is 12.1 Å². The van der Waals surface area contributed by atoms with Gasteiger partial charge in [-0.1, -0.05) is 13.0 Å². The predicted molar refractivity (Wildman–Crippen MR) is 87.3 cm³/mol. The van der Waals surface area contributed by atoms with E-state index in [-0.39, 0.29) is 11.4 Å². The molecule has 4 heteroatoms. The number of anilines is 1. The topological polar surface area (TPSA) is 18.5 Å². The smallest absolute Gasteiger partial charge is 0.146 e. The Kier molecular flexibility index (Phi) is 5.22. The van der Waals surface area contributed by atoms with Crippen molar-refractivity contribution in [3.63, 3.8) is 0 Å². The molecule has 1 aliphatic heterocycles. The summed E-state index contributed by atoms with van der Waals surface area (Å²) in [7, 11) is 0. The molecule has 2 rings (SSSR count). The fourth-order valence-corrected chi connectivity index (χ4v) is 2.59. The van der Waals surface area contributed by atoms with E-state index >= 15 is 0 Å². The van der Waals surface area contributed by atoms with Gasteiger partial charge in [-0.3, -0.25) is 0 Å². The van der Waals surface area contributed by atoms with Crippen LogP contribution in [0.3, 0.4) is 0 Å². The summed E-state index contributed by atoms with van der Waals surface area (Å²) in [6, 6.07) is 5.63. The Labute approximate surface area is 128 Å². The number of likely N-dealkylation sites (N-methyl/N-ethyl adjacent to an activating group) is 1. The predicted octanol–water partition coefficient (Wildman–Crippen LogP) is 2.86. The molecule has 0 amide bonds. The highest BCUT2D eigenvalue weighted by Gasteiger charge is 2.18. The molecule has 0 saturated carbocycles. The van der Waals surface area contributed by atoms with E-state index in [2.05, 4.69) is 42.8 Å². The van der Waals surface area contributed by atoms with E-state index in [9.17, 15) is 4.39 Å². The van der Waals surface area contributed by atoms with Crippen molar-refractivity contribution in [3.05, 3.63) is 29.6 Å². The summed E-state index contributed by atoms with van der Waals surface area (Å²) >= 11 is 0. The minimum absolute atomic E-state index is 0.0473. The summed E-state index contributed by atoms with van der Waals surface area (Å²) < 4.78 is 14.4. The fourth-order valence-electron chi connectivity index (χ4n) is 2.59. The molecule has 1 aromatic carbocycles. The van der Waals surface area contributed by atoms with Crippen LogP contribution in [-0.2, 0) is 6.54 Å². The zero-order valence-corrected chi connectivity index (χ0v) is 13.7. The van der Waals surface area contributed by atoms with E-state index in [1.54, 1.807) is 6.07 Å². The van der Waals surface area contributed by atoms with E-state index in [1.165, 1.54) is 0 Å². The van der Waals surface area contributed by atoms with Crippen LogP contribution in [0.4, 0.5) is 10.1 Å². The molecule has 0 atom stereocenters. The molecule has 0 unspecified atom stereocenters. The van der Waals surface area contributed by atoms with Crippen LogP contribution in [0, 0.1) is 5.82 Å². The second-order valence-electron chi connectivity index (χ2n) is 6.81. The van der Waals surface area contributed by atoms with Gasteiger partial charge in [-0.2, -0.15) is 0 Å². The SMILES string of the molecule is CCN1CCN(c2ccc(CNC(C)(C)C)cc2F)CC1. The van der Waals surface area contributed by atoms with E-state index in [4.69, 9.17) is 0 Å². The Morgan fingerprint density at radius 3 is 2.33 bits per heavy atom. The summed E-state index contributed by atoms with van der Waals surface area (Å²) in [5, 5.41) is 3.39. The molecule has 118 valence electrons. The molecular formula is C17H28FN3. The lowest BCUT2D eigenvalue weighted by Gasteiger charge is -2.35. The van der Waals surface area contributed by atoms with Crippen LogP contribution < -0.4 is 10.2 Å². The highest BCUT2D eigenvalue weighted by atomic mass is 19.1. The van der Waals surface area contributed by atoms with E-state index in [0.29, 0.717) is 6.54 Å². The average Bonchev–Trinajstić information content (AvgIpc) is 2.45. The van der Waals surface area contributed by atoms with Crippen molar-refractivity contribution in [2.75, 3.05) is 37.6 Å². The second kappa shape index (κ2) is 6.75. The van der Waals surface area contributed by atoms with Crippen molar-refractivity contribution >= 4 is 5.69 Å². The number of benzene rings is 1. The molecule has 0 spiro atoms. The summed E-state index contributed by atoms with van der Waals surface area (Å²) in [6.45, 7) is 14.1. The molecule has 0 radical (unpaired) electrons. The van der Waals surface area contributed by atoms with Gasteiger partial charge in [0.15, 0.2) is 0 Å². The van der Waals surface area contributed by atoms with Crippen molar-refractivity contribution < 1.29 is 4.39 Å². The van der Waals surface area contributed by atoms with Gasteiger partial charge in [0.25, 0.3) is 0 Å². The van der Waals surface area contributed by atoms with Crippen molar-refractivity contribution in [1.29, 1.82) is 0 Å². The fraction of sp³-hybridized carbons (Fsp3) is 0.647. The lowest BCUT2D eigenvalue weighted by atomic mass is 10.1. The molecule has 1 heterocycles. The number of hydrogen-bond donors (Lipinski definition) is 1. The molecule has 1 aromatic rings. The average molecular weight is 293 g/mol. The van der Waals surface area contributed by atoms with Gasteiger partial charge in [-0.05, 0) is 45.0 Å². The highest BCUT2D eigenvalue weighted by Crippen LogP contribution is 2.22. The summed E-state index contributed by atoms with van der Waals surface area (Å²) in [4.78, 5) is 4.55. The monoisotopic (exact) mass is 293 g/mol. The largest absolute Gasteiger partial charge is 0.367 e. The van der Waals surface area contributed by atoms with E-state index in [0.717, 1.165) is 44.0 Å². The van der Waals surface area contributed by atoms with Crippen LogP contribution in [0.5, 0.6) is 0 Å². The Bertz CT molecular complexity index is 460. The molecule has 0 aromatic heterocycles. The van der Waals surface area contributed by atoms with Crippen molar-refractivity contribution in [2.45, 2.75) is 39.8 Å². The number of nitrogens with zero attached hydrogens (tertiary/aromatic N) is 2. The number of nitrogens with one attached hydrogen (secondary N) is 1. The summed E-state index contributed by atoms with van der Waals surface area (Å²) in [6.07, 6.45) is 0. The molecule has 1 aliphatic rings. The Morgan fingerprint density at radius 1 is 1.14 bits per heavy atom. The molecular weight excluding hydrogens is 265 g/mol. The van der Waals surface area contributed by atoms with Gasteiger partial charge >= 0.3 is 0 Å². The van der Waals surface area contributed by atoms with Crippen LogP contribution >= 0.6 is 0 Å². The maximum atomic E-state index is 14.4. The third-order valence-electron chi connectivity index (χ3n) is 4.00. The van der Waals surface area contributed by atoms with Gasteiger partial charge in [0, 0.05) is 38.3 Å².